The fraction of sp³-hybridized carbons (Fsp3) is 0.333. The minimum absolute atomic E-state index is 0.244. The Hall–Kier alpha value is -2.52. The molecule has 7 nitrogen and oxygen atoms in total. The van der Waals surface area contributed by atoms with Crippen molar-refractivity contribution in [1.29, 1.82) is 0 Å². The van der Waals surface area contributed by atoms with Crippen molar-refractivity contribution in [3.63, 3.8) is 0 Å². The minimum atomic E-state index is -0.899. The van der Waals surface area contributed by atoms with Gasteiger partial charge in [0.25, 0.3) is 0 Å². The first kappa shape index (κ1) is 19.2. The number of nitrogens with zero attached hydrogens (tertiary/aromatic N) is 1. The van der Waals surface area contributed by atoms with Gasteiger partial charge in [0, 0.05) is 9.75 Å². The highest BCUT2D eigenvalue weighted by Gasteiger charge is 2.29. The fourth-order valence-corrected chi connectivity index (χ4v) is 4.85. The molecule has 3 rings (SSSR count). The molecule has 1 aliphatic carbocycles. The molecule has 0 saturated heterocycles. The van der Waals surface area contributed by atoms with Gasteiger partial charge in [-0.1, -0.05) is 0 Å². The number of aryl methyl sites for hydroxylation is 2. The maximum absolute atomic E-state index is 12.3. The van der Waals surface area contributed by atoms with E-state index < -0.39 is 17.8 Å². The molecule has 1 aliphatic rings. The molecule has 0 aromatic carbocycles. The molecule has 2 aromatic heterocycles. The lowest BCUT2D eigenvalue weighted by atomic mass is 10.1. The first-order valence-electron chi connectivity index (χ1n) is 8.51. The van der Waals surface area contributed by atoms with Gasteiger partial charge in [0.05, 0.1) is 18.4 Å². The van der Waals surface area contributed by atoms with Gasteiger partial charge in [0.15, 0.2) is 0 Å². The fourth-order valence-electron chi connectivity index (χ4n) is 2.79. The summed E-state index contributed by atoms with van der Waals surface area (Å²) in [5.74, 6) is -2.25. The minimum Gasteiger partial charge on any atom is -0.462 e. The highest BCUT2D eigenvalue weighted by Crippen LogP contribution is 2.39. The number of carbonyl (C=O) groups is 3. The Bertz CT molecular complexity index is 914. The van der Waals surface area contributed by atoms with Crippen LogP contribution < -0.4 is 10.7 Å². The van der Waals surface area contributed by atoms with Gasteiger partial charge < -0.3 is 10.1 Å². The number of amides is 2. The molecule has 27 heavy (non-hydrogen) atoms. The molecular formula is C18H19N3O4S2. The Kier molecular flexibility index (Phi) is 6.02. The molecule has 9 heteroatoms. The standard InChI is InChI=1S/C18H19N3O4S2/c1-3-25-18(24)14-11-5-4-6-12(11)27-17(14)20-15(22)16(23)21-19-9-13-10(2)7-8-26-13/h7-9H,3-6H2,1-2H3,(H,20,22)(H,21,23). The predicted molar refractivity (Wildman–Crippen MR) is 106 cm³/mol. The summed E-state index contributed by atoms with van der Waals surface area (Å²) >= 11 is 2.81. The number of esters is 1. The largest absolute Gasteiger partial charge is 0.462 e. The zero-order valence-corrected chi connectivity index (χ0v) is 16.6. The van der Waals surface area contributed by atoms with E-state index in [0.29, 0.717) is 10.6 Å². The molecule has 0 radical (unpaired) electrons. The van der Waals surface area contributed by atoms with Gasteiger partial charge in [-0.3, -0.25) is 9.59 Å². The van der Waals surface area contributed by atoms with E-state index >= 15 is 0 Å². The molecule has 142 valence electrons. The Labute approximate surface area is 164 Å². The average molecular weight is 406 g/mol. The first-order chi connectivity index (χ1) is 13.0. The van der Waals surface area contributed by atoms with Crippen molar-refractivity contribution >= 4 is 51.7 Å². The zero-order valence-electron chi connectivity index (χ0n) is 15.0. The molecule has 2 heterocycles. The van der Waals surface area contributed by atoms with Crippen molar-refractivity contribution in [2.75, 3.05) is 11.9 Å². The summed E-state index contributed by atoms with van der Waals surface area (Å²) in [4.78, 5) is 38.4. The van der Waals surface area contributed by atoms with Crippen LogP contribution in [0, 0.1) is 6.92 Å². The Morgan fingerprint density at radius 1 is 1.30 bits per heavy atom. The lowest BCUT2D eigenvalue weighted by Gasteiger charge is -2.07. The Balaban J connectivity index is 1.68. The van der Waals surface area contributed by atoms with Crippen LogP contribution in [0.2, 0.25) is 0 Å². The summed E-state index contributed by atoms with van der Waals surface area (Å²) in [5, 5.41) is 8.61. The number of carbonyl (C=O) groups excluding carboxylic acids is 3. The first-order valence-corrected chi connectivity index (χ1v) is 10.2. The van der Waals surface area contributed by atoms with E-state index in [1.807, 2.05) is 18.4 Å². The molecule has 0 aliphatic heterocycles. The third-order valence-corrected chi connectivity index (χ3v) is 6.24. The van der Waals surface area contributed by atoms with Crippen LogP contribution in [-0.2, 0) is 27.2 Å². The van der Waals surface area contributed by atoms with Crippen LogP contribution in [0.15, 0.2) is 16.5 Å². The average Bonchev–Trinajstić information content (AvgIpc) is 3.31. The molecule has 0 fully saturated rings. The second-order valence-electron chi connectivity index (χ2n) is 5.90. The maximum atomic E-state index is 12.3. The summed E-state index contributed by atoms with van der Waals surface area (Å²) in [7, 11) is 0. The second kappa shape index (κ2) is 8.45. The third-order valence-electron chi connectivity index (χ3n) is 4.08. The Morgan fingerprint density at radius 2 is 2.11 bits per heavy atom. The molecule has 0 atom stereocenters. The number of nitrogens with one attached hydrogen (secondary N) is 2. The van der Waals surface area contributed by atoms with Crippen LogP contribution in [0.5, 0.6) is 0 Å². The maximum Gasteiger partial charge on any atom is 0.341 e. The van der Waals surface area contributed by atoms with Crippen molar-refractivity contribution < 1.29 is 19.1 Å². The van der Waals surface area contributed by atoms with E-state index in [4.69, 9.17) is 4.74 Å². The molecule has 0 saturated carbocycles. The van der Waals surface area contributed by atoms with Crippen LogP contribution in [0.25, 0.3) is 0 Å². The van der Waals surface area contributed by atoms with Crippen LogP contribution in [0.4, 0.5) is 5.00 Å². The number of rotatable bonds is 5. The quantitative estimate of drug-likeness (QED) is 0.346. The van der Waals surface area contributed by atoms with Gasteiger partial charge in [-0.05, 0) is 55.7 Å². The topological polar surface area (TPSA) is 96.9 Å². The van der Waals surface area contributed by atoms with Crippen LogP contribution in [0.3, 0.4) is 0 Å². The highest BCUT2D eigenvalue weighted by molar-refractivity contribution is 7.17. The molecule has 0 unspecified atom stereocenters. The van der Waals surface area contributed by atoms with Gasteiger partial charge in [-0.25, -0.2) is 10.2 Å². The number of fused-ring (bicyclic) bond motifs is 1. The highest BCUT2D eigenvalue weighted by atomic mass is 32.1. The van der Waals surface area contributed by atoms with Gasteiger partial charge in [0.2, 0.25) is 0 Å². The molecule has 2 amide bonds. The van der Waals surface area contributed by atoms with Gasteiger partial charge in [-0.15, -0.1) is 22.7 Å². The van der Waals surface area contributed by atoms with Crippen molar-refractivity contribution in [2.24, 2.45) is 5.10 Å². The lowest BCUT2D eigenvalue weighted by Crippen LogP contribution is -2.32. The monoisotopic (exact) mass is 405 g/mol. The van der Waals surface area contributed by atoms with E-state index in [2.05, 4.69) is 15.8 Å². The zero-order chi connectivity index (χ0) is 19.4. The SMILES string of the molecule is CCOC(=O)c1c(NC(=O)C(=O)NN=Cc2sccc2C)sc2c1CCC2. The van der Waals surface area contributed by atoms with Crippen LogP contribution in [0.1, 0.15) is 44.6 Å². The van der Waals surface area contributed by atoms with Gasteiger partial charge in [-0.2, -0.15) is 5.10 Å². The normalized spacial score (nSPS) is 12.8. The van der Waals surface area contributed by atoms with E-state index in [1.165, 1.54) is 28.9 Å². The van der Waals surface area contributed by atoms with E-state index in [9.17, 15) is 14.4 Å². The summed E-state index contributed by atoms with van der Waals surface area (Å²) in [6, 6.07) is 1.94. The van der Waals surface area contributed by atoms with Crippen molar-refractivity contribution in [3.05, 3.63) is 37.9 Å². The van der Waals surface area contributed by atoms with Crippen LogP contribution >= 0.6 is 22.7 Å². The van der Waals surface area contributed by atoms with E-state index in [-0.39, 0.29) is 6.61 Å². The van der Waals surface area contributed by atoms with Crippen molar-refractivity contribution in [2.45, 2.75) is 33.1 Å². The summed E-state index contributed by atoms with van der Waals surface area (Å²) < 4.78 is 5.11. The number of anilines is 1. The van der Waals surface area contributed by atoms with Gasteiger partial charge >= 0.3 is 17.8 Å². The number of thiophene rings is 2. The number of ether oxygens (including phenoxy) is 1. The third kappa shape index (κ3) is 4.25. The second-order valence-corrected chi connectivity index (χ2v) is 7.96. The summed E-state index contributed by atoms with van der Waals surface area (Å²) in [5.41, 5.74) is 4.53. The molecule has 2 N–H and O–H groups in total. The molecule has 0 bridgehead atoms. The van der Waals surface area contributed by atoms with Crippen molar-refractivity contribution in [1.82, 2.24) is 5.43 Å². The molecular weight excluding hydrogens is 386 g/mol. The van der Waals surface area contributed by atoms with Gasteiger partial charge in [0.1, 0.15) is 5.00 Å². The van der Waals surface area contributed by atoms with E-state index in [1.54, 1.807) is 6.92 Å². The number of hydrogen-bond acceptors (Lipinski definition) is 7. The number of hydrogen-bond donors (Lipinski definition) is 2. The predicted octanol–water partition coefficient (Wildman–Crippen LogP) is 2.87. The summed E-state index contributed by atoms with van der Waals surface area (Å²) in [6.45, 7) is 3.90. The molecule has 2 aromatic rings. The van der Waals surface area contributed by atoms with Crippen molar-refractivity contribution in [3.8, 4) is 0 Å². The smallest absolute Gasteiger partial charge is 0.341 e. The van der Waals surface area contributed by atoms with Crippen LogP contribution in [-0.4, -0.2) is 30.6 Å². The molecule has 0 spiro atoms. The summed E-state index contributed by atoms with van der Waals surface area (Å²) in [6.07, 6.45) is 4.10. The van der Waals surface area contributed by atoms with E-state index in [0.717, 1.165) is 40.1 Å². The Morgan fingerprint density at radius 3 is 2.81 bits per heavy atom. The lowest BCUT2D eigenvalue weighted by molar-refractivity contribution is -0.136. The number of hydrazone groups is 1.